The number of urea groups is 1. The number of carbonyl (C=O) groups is 1. The van der Waals surface area contributed by atoms with Crippen LogP contribution in [0.2, 0.25) is 5.02 Å². The molecular weight excluding hydrogens is 328 g/mol. The Kier molecular flexibility index (Phi) is 5.06. The monoisotopic (exact) mass is 348 g/mol. The number of hydrogen-bond donors (Lipinski definition) is 2. The van der Waals surface area contributed by atoms with E-state index in [1.807, 2.05) is 24.3 Å². The van der Waals surface area contributed by atoms with Crippen LogP contribution in [0.25, 0.3) is 11.3 Å². The van der Waals surface area contributed by atoms with E-state index in [1.165, 1.54) is 0 Å². The second-order valence-corrected chi connectivity index (χ2v) is 6.50. The maximum Gasteiger partial charge on any atom is 0.312 e. The number of oxazole rings is 1. The zero-order valence-corrected chi connectivity index (χ0v) is 14.3. The lowest BCUT2D eigenvalue weighted by atomic mass is 10.0. The topological polar surface area (TPSA) is 84.4 Å². The molecule has 1 atom stereocenters. The van der Waals surface area contributed by atoms with Gasteiger partial charge in [0.25, 0.3) is 0 Å². The Labute approximate surface area is 146 Å². The van der Waals surface area contributed by atoms with Crippen LogP contribution in [0.4, 0.5) is 4.79 Å². The Morgan fingerprint density at radius 2 is 2.04 bits per heavy atom. The fourth-order valence-corrected chi connectivity index (χ4v) is 3.14. The number of benzene rings is 1. The van der Waals surface area contributed by atoms with Gasteiger partial charge in [-0.05, 0) is 44.0 Å². The first-order valence-electron chi connectivity index (χ1n) is 8.04. The average Bonchev–Trinajstić information content (AvgIpc) is 3.05. The van der Waals surface area contributed by atoms with Gasteiger partial charge in [-0.2, -0.15) is 0 Å². The summed E-state index contributed by atoms with van der Waals surface area (Å²) in [6.07, 6.45) is 3.49. The maximum atomic E-state index is 10.9. The molecular formula is C17H21ClN4O2. The van der Waals surface area contributed by atoms with Crippen molar-refractivity contribution < 1.29 is 9.21 Å². The highest BCUT2D eigenvalue weighted by molar-refractivity contribution is 6.30. The first-order valence-corrected chi connectivity index (χ1v) is 8.42. The summed E-state index contributed by atoms with van der Waals surface area (Å²) in [5.41, 5.74) is 6.13. The Hall–Kier alpha value is -2.05. The van der Waals surface area contributed by atoms with Crippen LogP contribution in [-0.4, -0.2) is 35.0 Å². The fourth-order valence-electron chi connectivity index (χ4n) is 3.02. The number of halogens is 1. The minimum atomic E-state index is -0.457. The van der Waals surface area contributed by atoms with Crippen molar-refractivity contribution in [1.82, 2.24) is 15.2 Å². The number of likely N-dealkylation sites (tertiary alicyclic amines) is 1. The number of piperidine rings is 1. The molecule has 128 valence electrons. The molecule has 2 amide bonds. The van der Waals surface area contributed by atoms with Crippen molar-refractivity contribution in [3.63, 3.8) is 0 Å². The van der Waals surface area contributed by atoms with E-state index in [0.29, 0.717) is 10.9 Å². The lowest BCUT2D eigenvalue weighted by Crippen LogP contribution is -2.46. The molecule has 24 heavy (non-hydrogen) atoms. The van der Waals surface area contributed by atoms with E-state index in [1.54, 1.807) is 6.20 Å². The highest BCUT2D eigenvalue weighted by atomic mass is 35.5. The molecule has 1 aromatic carbocycles. The number of nitrogens with zero attached hydrogens (tertiary/aromatic N) is 2. The number of amides is 2. The van der Waals surface area contributed by atoms with Crippen LogP contribution in [-0.2, 0) is 0 Å². The van der Waals surface area contributed by atoms with Crippen molar-refractivity contribution >= 4 is 17.6 Å². The molecule has 1 aliphatic rings. The quantitative estimate of drug-likeness (QED) is 0.888. The second kappa shape index (κ2) is 7.23. The number of aromatic nitrogens is 1. The molecule has 1 aliphatic heterocycles. The molecule has 0 spiro atoms. The molecule has 6 nitrogen and oxygen atoms in total. The van der Waals surface area contributed by atoms with E-state index in [4.69, 9.17) is 21.8 Å². The molecule has 1 aromatic heterocycles. The third-order valence-corrected chi connectivity index (χ3v) is 4.69. The predicted molar refractivity (Wildman–Crippen MR) is 92.7 cm³/mol. The molecule has 7 heteroatoms. The molecule has 1 unspecified atom stereocenters. The van der Waals surface area contributed by atoms with Gasteiger partial charge >= 0.3 is 6.03 Å². The van der Waals surface area contributed by atoms with Gasteiger partial charge < -0.3 is 15.5 Å². The van der Waals surface area contributed by atoms with Crippen LogP contribution < -0.4 is 11.1 Å². The smallest absolute Gasteiger partial charge is 0.312 e. The normalized spacial score (nSPS) is 17.6. The molecule has 1 fully saturated rings. The van der Waals surface area contributed by atoms with Gasteiger partial charge in [-0.1, -0.05) is 11.6 Å². The first kappa shape index (κ1) is 16.8. The lowest BCUT2D eigenvalue weighted by molar-refractivity contribution is 0.137. The average molecular weight is 349 g/mol. The number of nitrogens with two attached hydrogens (primary N) is 1. The molecule has 2 heterocycles. The van der Waals surface area contributed by atoms with Gasteiger partial charge in [-0.25, -0.2) is 9.78 Å². The summed E-state index contributed by atoms with van der Waals surface area (Å²) in [6, 6.07) is 7.27. The van der Waals surface area contributed by atoms with E-state index in [0.717, 1.165) is 37.3 Å². The van der Waals surface area contributed by atoms with Crippen molar-refractivity contribution in [1.29, 1.82) is 0 Å². The summed E-state index contributed by atoms with van der Waals surface area (Å²) in [5, 5.41) is 3.47. The van der Waals surface area contributed by atoms with E-state index < -0.39 is 6.03 Å². The zero-order chi connectivity index (χ0) is 17.1. The van der Waals surface area contributed by atoms with Gasteiger partial charge in [-0.15, -0.1) is 0 Å². The van der Waals surface area contributed by atoms with Crippen LogP contribution in [0.3, 0.4) is 0 Å². The van der Waals surface area contributed by atoms with E-state index in [9.17, 15) is 4.79 Å². The Balaban J connectivity index is 1.63. The first-order chi connectivity index (χ1) is 11.5. The molecule has 0 saturated carbocycles. The summed E-state index contributed by atoms with van der Waals surface area (Å²) in [4.78, 5) is 17.7. The highest BCUT2D eigenvalue weighted by Gasteiger charge is 2.26. The number of rotatable bonds is 4. The van der Waals surface area contributed by atoms with Crippen LogP contribution in [0.1, 0.15) is 31.7 Å². The molecule has 0 radical (unpaired) electrons. The fraction of sp³-hybridized carbons (Fsp3) is 0.412. The molecule has 2 aromatic rings. The summed E-state index contributed by atoms with van der Waals surface area (Å²) < 4.78 is 5.93. The van der Waals surface area contributed by atoms with E-state index in [2.05, 4.69) is 22.1 Å². The molecule has 0 aliphatic carbocycles. The minimum absolute atomic E-state index is 0.0839. The van der Waals surface area contributed by atoms with E-state index >= 15 is 0 Å². The zero-order valence-electron chi connectivity index (χ0n) is 13.5. The van der Waals surface area contributed by atoms with E-state index in [-0.39, 0.29) is 12.1 Å². The van der Waals surface area contributed by atoms with Crippen molar-refractivity contribution in [3.8, 4) is 11.3 Å². The largest absolute Gasteiger partial charge is 0.439 e. The SMILES string of the molecule is CC(c1ncc(-c2ccc(Cl)cc2)o1)N1CCC(NC(N)=O)CC1. The Morgan fingerprint density at radius 3 is 2.67 bits per heavy atom. The molecule has 3 N–H and O–H groups in total. The summed E-state index contributed by atoms with van der Waals surface area (Å²) in [6.45, 7) is 3.81. The van der Waals surface area contributed by atoms with Gasteiger partial charge in [0, 0.05) is 29.7 Å². The molecule has 1 saturated heterocycles. The number of nitrogens with one attached hydrogen (secondary N) is 1. The van der Waals surface area contributed by atoms with Crippen molar-refractivity contribution in [2.45, 2.75) is 31.8 Å². The van der Waals surface area contributed by atoms with Crippen LogP contribution in [0.5, 0.6) is 0 Å². The number of carbonyl (C=O) groups excluding carboxylic acids is 1. The van der Waals surface area contributed by atoms with Gasteiger partial charge in [0.05, 0.1) is 12.2 Å². The minimum Gasteiger partial charge on any atom is -0.439 e. The van der Waals surface area contributed by atoms with Crippen LogP contribution >= 0.6 is 11.6 Å². The van der Waals surface area contributed by atoms with Gasteiger partial charge in [0.1, 0.15) is 0 Å². The van der Waals surface area contributed by atoms with Crippen LogP contribution in [0.15, 0.2) is 34.9 Å². The van der Waals surface area contributed by atoms with Gasteiger partial charge in [0.2, 0.25) is 5.89 Å². The van der Waals surface area contributed by atoms with Crippen molar-refractivity contribution in [3.05, 3.63) is 41.4 Å². The van der Waals surface area contributed by atoms with Crippen molar-refractivity contribution in [2.24, 2.45) is 5.73 Å². The molecule has 0 bridgehead atoms. The second-order valence-electron chi connectivity index (χ2n) is 6.06. The lowest BCUT2D eigenvalue weighted by Gasteiger charge is -2.34. The number of primary amides is 1. The third-order valence-electron chi connectivity index (χ3n) is 4.43. The third kappa shape index (κ3) is 3.88. The summed E-state index contributed by atoms with van der Waals surface area (Å²) in [7, 11) is 0. The summed E-state index contributed by atoms with van der Waals surface area (Å²) >= 11 is 5.91. The maximum absolute atomic E-state index is 10.9. The predicted octanol–water partition coefficient (Wildman–Crippen LogP) is 3.19. The Bertz CT molecular complexity index is 693. The molecule has 3 rings (SSSR count). The van der Waals surface area contributed by atoms with Crippen LogP contribution in [0, 0.1) is 0 Å². The summed E-state index contributed by atoms with van der Waals surface area (Å²) in [5.74, 6) is 1.43. The van der Waals surface area contributed by atoms with Gasteiger partial charge in [0.15, 0.2) is 5.76 Å². The highest BCUT2D eigenvalue weighted by Crippen LogP contribution is 2.28. The number of hydrogen-bond acceptors (Lipinski definition) is 4. The van der Waals surface area contributed by atoms with Gasteiger partial charge in [-0.3, -0.25) is 4.90 Å². The standard InChI is InChI=1S/C17H21ClN4O2/c1-11(22-8-6-14(7-9-22)21-17(19)23)16-20-10-15(24-16)12-2-4-13(18)5-3-12/h2-5,10-11,14H,6-9H2,1H3,(H3,19,21,23). The Morgan fingerprint density at radius 1 is 1.38 bits per heavy atom. The van der Waals surface area contributed by atoms with Crippen molar-refractivity contribution in [2.75, 3.05) is 13.1 Å².